The summed E-state index contributed by atoms with van der Waals surface area (Å²) in [7, 11) is 0. The zero-order valence-corrected chi connectivity index (χ0v) is 41.8. The van der Waals surface area contributed by atoms with Gasteiger partial charge in [0.05, 0.1) is 0 Å². The Balaban J connectivity index is 0.00000320. The van der Waals surface area contributed by atoms with Crippen LogP contribution in [0.15, 0.2) is 83.9 Å². The van der Waals surface area contributed by atoms with Crippen molar-refractivity contribution in [3.63, 3.8) is 0 Å². The normalized spacial score (nSPS) is 18.3. The van der Waals surface area contributed by atoms with Crippen molar-refractivity contribution in [2.75, 3.05) is 0 Å². The van der Waals surface area contributed by atoms with Crippen LogP contribution in [0.4, 0.5) is 0 Å². The van der Waals surface area contributed by atoms with Crippen LogP contribution in [0.3, 0.4) is 0 Å². The summed E-state index contributed by atoms with van der Waals surface area (Å²) in [5.74, 6) is 1.04. The Morgan fingerprint density at radius 2 is 0.776 bits per heavy atom. The molecule has 1 heterocycles. The van der Waals surface area contributed by atoms with Gasteiger partial charge in [0.2, 0.25) is 0 Å². The fraction of sp³-hybridized carbons (Fsp3) is 0.491. The van der Waals surface area contributed by atoms with E-state index in [1.807, 2.05) is 0 Å². The number of rotatable bonds is 6. The molecule has 0 amide bonds. The van der Waals surface area contributed by atoms with Gasteiger partial charge in [-0.2, -0.15) is 0 Å². The maximum absolute atomic E-state index is 2.72. The molecule has 4 aromatic rings. The van der Waals surface area contributed by atoms with Crippen molar-refractivity contribution >= 4 is 12.2 Å². The molecular formula is C55H72Cl2Ti. The quantitative estimate of drug-likeness (QED) is 0.170. The van der Waals surface area contributed by atoms with E-state index < -0.39 is 16.6 Å². The summed E-state index contributed by atoms with van der Waals surface area (Å²) in [5, 5.41) is 0. The first kappa shape index (κ1) is 46.7. The average Bonchev–Trinajstić information content (AvgIpc) is 3.67. The van der Waals surface area contributed by atoms with E-state index in [2.05, 4.69) is 196 Å². The van der Waals surface area contributed by atoms with Crippen molar-refractivity contribution in [2.45, 2.75) is 157 Å². The Kier molecular flexibility index (Phi) is 13.0. The largest absolute Gasteiger partial charge is 1.00 e. The zero-order chi connectivity index (χ0) is 40.9. The number of hydrogen-bond donors (Lipinski definition) is 0. The minimum atomic E-state index is -2.72. The summed E-state index contributed by atoms with van der Waals surface area (Å²) in [6.45, 7) is 38.3. The van der Waals surface area contributed by atoms with Gasteiger partial charge >= 0.3 is 348 Å². The molecule has 4 aromatic carbocycles. The maximum atomic E-state index is 2.70. The van der Waals surface area contributed by atoms with Gasteiger partial charge in [-0.15, -0.1) is 0 Å². The van der Waals surface area contributed by atoms with E-state index in [1.54, 1.807) is 22.3 Å². The molecule has 0 saturated carbocycles. The standard InChI is InChI=1S/2C26H33.C3H6.2ClH.Ti/c2*1-17(2)19-12-18-10-9-11-23(24(18)15-19)20-13-21(25(3,4)5)16-22(14-20)26(6,7)8;1-3-2;;;/h2*9-17H,1-8H3;1-3H2;2*1H;/q;;;;;+2/p-2. The van der Waals surface area contributed by atoms with Gasteiger partial charge in [0.25, 0.3) is 0 Å². The first-order valence-corrected chi connectivity index (χ1v) is 25.9. The molecule has 0 nitrogen and oxygen atoms in total. The van der Waals surface area contributed by atoms with E-state index in [0.717, 1.165) is 0 Å². The van der Waals surface area contributed by atoms with Gasteiger partial charge in [-0.25, -0.2) is 0 Å². The van der Waals surface area contributed by atoms with Crippen molar-refractivity contribution in [1.82, 2.24) is 0 Å². The van der Waals surface area contributed by atoms with Gasteiger partial charge in [0.15, 0.2) is 0 Å². The van der Waals surface area contributed by atoms with Gasteiger partial charge in [-0.1, -0.05) is 0 Å². The molecule has 2 aliphatic carbocycles. The SMILES string of the molecule is CC(C)C1=Cc2c(-c3cc(C(C)(C)C)cc(C(C)(C)C)c3)cccc2[CH]1[Ti+2]1([CH]2C(C(C)C)=Cc3c(-c4cc(C(C)(C)C)cc(C(C)(C)C)c4)cccc32)[CH2]C[CH2]1.[Cl-].[Cl-]. The molecular weight excluding hydrogens is 779 g/mol. The van der Waals surface area contributed by atoms with Crippen molar-refractivity contribution in [3.05, 3.63) is 128 Å². The van der Waals surface area contributed by atoms with Gasteiger partial charge < -0.3 is 24.8 Å². The summed E-state index contributed by atoms with van der Waals surface area (Å²) in [5.41, 5.74) is 21.4. The molecule has 310 valence electrons. The molecule has 0 spiro atoms. The Bertz CT molecular complexity index is 2010. The Hall–Kier alpha value is -2.35. The molecule has 0 radical (unpaired) electrons. The van der Waals surface area contributed by atoms with Crippen LogP contribution < -0.4 is 24.8 Å². The van der Waals surface area contributed by atoms with Crippen LogP contribution in [0.5, 0.6) is 0 Å². The molecule has 2 atom stereocenters. The predicted octanol–water partition coefficient (Wildman–Crippen LogP) is 10.5. The van der Waals surface area contributed by atoms with Crippen LogP contribution >= 0.6 is 0 Å². The molecule has 2 unspecified atom stereocenters. The maximum Gasteiger partial charge on any atom is -1.00 e. The number of fused-ring (bicyclic) bond motifs is 2. The van der Waals surface area contributed by atoms with Crippen LogP contribution in [0.2, 0.25) is 9.45 Å². The first-order valence-electron chi connectivity index (χ1n) is 21.9. The third-order valence-electron chi connectivity index (χ3n) is 13.9. The van der Waals surface area contributed by atoms with Crippen LogP contribution in [0.25, 0.3) is 34.4 Å². The summed E-state index contributed by atoms with van der Waals surface area (Å²) >= 11 is -2.72. The molecule has 7 rings (SSSR count). The Labute approximate surface area is 370 Å². The molecule has 1 saturated heterocycles. The Morgan fingerprint density at radius 3 is 1.02 bits per heavy atom. The van der Waals surface area contributed by atoms with Crippen LogP contribution in [-0.4, -0.2) is 0 Å². The van der Waals surface area contributed by atoms with E-state index in [9.17, 15) is 0 Å². The third kappa shape index (κ3) is 8.33. The van der Waals surface area contributed by atoms with Gasteiger partial charge in [-0.3, -0.25) is 0 Å². The van der Waals surface area contributed by atoms with Crippen molar-refractivity contribution in [3.8, 4) is 22.3 Å². The van der Waals surface area contributed by atoms with Crippen LogP contribution in [-0.2, 0) is 38.2 Å². The second kappa shape index (κ2) is 16.2. The van der Waals surface area contributed by atoms with Gasteiger partial charge in [0.1, 0.15) is 0 Å². The number of hydrogen-bond acceptors (Lipinski definition) is 0. The molecule has 1 fully saturated rings. The molecule has 3 heteroatoms. The van der Waals surface area contributed by atoms with E-state index in [-0.39, 0.29) is 46.5 Å². The second-order valence-corrected chi connectivity index (χ2v) is 30.0. The van der Waals surface area contributed by atoms with E-state index in [1.165, 1.54) is 71.5 Å². The molecule has 3 aliphatic rings. The van der Waals surface area contributed by atoms with Crippen LogP contribution in [0.1, 0.15) is 170 Å². The third-order valence-corrected chi connectivity index (χ3v) is 23.5. The first-order chi connectivity index (χ1) is 25.9. The van der Waals surface area contributed by atoms with Crippen molar-refractivity contribution in [2.24, 2.45) is 11.8 Å². The van der Waals surface area contributed by atoms with Crippen molar-refractivity contribution < 1.29 is 41.4 Å². The molecule has 0 aromatic heterocycles. The minimum absolute atomic E-state index is 0. The van der Waals surface area contributed by atoms with E-state index >= 15 is 0 Å². The Morgan fingerprint density at radius 1 is 0.466 bits per heavy atom. The number of benzene rings is 4. The zero-order valence-electron chi connectivity index (χ0n) is 38.8. The molecule has 1 aliphatic heterocycles. The minimum Gasteiger partial charge on any atom is -1.00 e. The number of halogens is 2. The predicted molar refractivity (Wildman–Crippen MR) is 244 cm³/mol. The fourth-order valence-corrected chi connectivity index (χ4v) is 20.5. The van der Waals surface area contributed by atoms with Crippen LogP contribution in [0, 0.1) is 11.8 Å². The van der Waals surface area contributed by atoms with Gasteiger partial charge in [-0.05, 0) is 0 Å². The van der Waals surface area contributed by atoms with Gasteiger partial charge in [0, 0.05) is 0 Å². The molecule has 0 N–H and O–H groups in total. The fourth-order valence-electron chi connectivity index (χ4n) is 10.3. The monoisotopic (exact) mass is 850 g/mol. The smallest absolute Gasteiger partial charge is 1.00 e. The topological polar surface area (TPSA) is 0 Å². The molecule has 58 heavy (non-hydrogen) atoms. The van der Waals surface area contributed by atoms with E-state index in [4.69, 9.17) is 0 Å². The average molecular weight is 852 g/mol. The number of allylic oxidation sites excluding steroid dienone is 2. The molecule has 0 bridgehead atoms. The van der Waals surface area contributed by atoms with E-state index in [0.29, 0.717) is 20.3 Å². The summed E-state index contributed by atoms with van der Waals surface area (Å²) in [4.78, 5) is 0. The van der Waals surface area contributed by atoms with Crippen molar-refractivity contribution in [1.29, 1.82) is 0 Å². The second-order valence-electron chi connectivity index (χ2n) is 22.8. The summed E-state index contributed by atoms with van der Waals surface area (Å²) in [6.07, 6.45) is 6.78. The summed E-state index contributed by atoms with van der Waals surface area (Å²) in [6, 6.07) is 29.8. The summed E-state index contributed by atoms with van der Waals surface area (Å²) < 4.78 is 4.09.